The molecule has 0 aromatic heterocycles. The average Bonchev–Trinajstić information content (AvgIpc) is 3.02. The van der Waals surface area contributed by atoms with E-state index in [1.807, 2.05) is 49.4 Å². The van der Waals surface area contributed by atoms with Crippen molar-refractivity contribution in [1.29, 1.82) is 0 Å². The summed E-state index contributed by atoms with van der Waals surface area (Å²) in [7, 11) is -4.29. The summed E-state index contributed by atoms with van der Waals surface area (Å²) < 4.78 is 39.3. The van der Waals surface area contributed by atoms with Crippen LogP contribution < -0.4 is 4.74 Å². The molecule has 1 aliphatic rings. The van der Waals surface area contributed by atoms with Gasteiger partial charge in [0.2, 0.25) is 0 Å². The average molecular weight is 415 g/mol. The first kappa shape index (κ1) is 19.0. The van der Waals surface area contributed by atoms with E-state index in [1.54, 1.807) is 12.1 Å². The van der Waals surface area contributed by atoms with Crippen molar-refractivity contribution in [2.75, 3.05) is 0 Å². The lowest BCUT2D eigenvalue weighted by Gasteiger charge is -2.15. The molecular formula is C22H19ClO4S. The molecule has 1 heterocycles. The van der Waals surface area contributed by atoms with Crippen molar-refractivity contribution in [3.8, 4) is 16.9 Å². The Labute approximate surface area is 169 Å². The summed E-state index contributed by atoms with van der Waals surface area (Å²) in [4.78, 5) is -0.0704. The third kappa shape index (κ3) is 3.78. The van der Waals surface area contributed by atoms with Gasteiger partial charge < -0.3 is 4.74 Å². The third-order valence-corrected chi connectivity index (χ3v) is 6.06. The fourth-order valence-electron chi connectivity index (χ4n) is 3.71. The second kappa shape index (κ2) is 7.24. The zero-order valence-electron chi connectivity index (χ0n) is 15.2. The predicted octanol–water partition coefficient (Wildman–Crippen LogP) is 5.11. The van der Waals surface area contributed by atoms with E-state index in [4.69, 9.17) is 16.3 Å². The standard InChI is InChI=1S/C22H19ClO4S/c1-14-7-8-21(28(24,25)26)16(9-14)11-19-12-17-10-18(23)13-20(22(17)27-19)15-5-3-2-4-6-15/h2-10,13,19H,11-12H2,1H3,(H,24,25,26). The summed E-state index contributed by atoms with van der Waals surface area (Å²) >= 11 is 6.32. The zero-order valence-corrected chi connectivity index (χ0v) is 16.8. The van der Waals surface area contributed by atoms with Crippen molar-refractivity contribution in [1.82, 2.24) is 0 Å². The van der Waals surface area contributed by atoms with Gasteiger partial charge in [0.15, 0.2) is 0 Å². The Morgan fingerprint density at radius 1 is 1.11 bits per heavy atom. The highest BCUT2D eigenvalue weighted by atomic mass is 35.5. The molecule has 0 bridgehead atoms. The Morgan fingerprint density at radius 3 is 2.57 bits per heavy atom. The van der Waals surface area contributed by atoms with E-state index in [1.165, 1.54) is 6.07 Å². The van der Waals surface area contributed by atoms with Gasteiger partial charge in [-0.3, -0.25) is 4.55 Å². The van der Waals surface area contributed by atoms with Crippen LogP contribution in [0.1, 0.15) is 16.7 Å². The summed E-state index contributed by atoms with van der Waals surface area (Å²) in [5, 5.41) is 0.635. The number of aryl methyl sites for hydroxylation is 1. The lowest BCUT2D eigenvalue weighted by molar-refractivity contribution is 0.233. The van der Waals surface area contributed by atoms with Crippen molar-refractivity contribution in [3.63, 3.8) is 0 Å². The van der Waals surface area contributed by atoms with Gasteiger partial charge in [-0.15, -0.1) is 0 Å². The highest BCUT2D eigenvalue weighted by Crippen LogP contribution is 2.41. The van der Waals surface area contributed by atoms with Crippen LogP contribution in [0.3, 0.4) is 0 Å². The quantitative estimate of drug-likeness (QED) is 0.602. The molecule has 0 spiro atoms. The SMILES string of the molecule is Cc1ccc(S(=O)(=O)O)c(CC2Cc3cc(Cl)cc(-c4ccccc4)c3O2)c1. The molecule has 28 heavy (non-hydrogen) atoms. The van der Waals surface area contributed by atoms with Crippen LogP contribution in [-0.4, -0.2) is 19.1 Å². The van der Waals surface area contributed by atoms with Gasteiger partial charge >= 0.3 is 0 Å². The van der Waals surface area contributed by atoms with Crippen molar-refractivity contribution in [3.05, 3.63) is 82.4 Å². The van der Waals surface area contributed by atoms with E-state index < -0.39 is 10.1 Å². The van der Waals surface area contributed by atoms with E-state index in [-0.39, 0.29) is 11.0 Å². The van der Waals surface area contributed by atoms with E-state index in [9.17, 15) is 13.0 Å². The first-order valence-electron chi connectivity index (χ1n) is 8.93. The number of ether oxygens (including phenoxy) is 1. The Hall–Kier alpha value is -2.34. The van der Waals surface area contributed by atoms with Crippen LogP contribution in [0, 0.1) is 6.92 Å². The Bertz CT molecular complexity index is 1140. The van der Waals surface area contributed by atoms with Gasteiger partial charge in [-0.05, 0) is 41.8 Å². The second-order valence-electron chi connectivity index (χ2n) is 7.04. The largest absolute Gasteiger partial charge is 0.489 e. The number of halogens is 1. The first-order chi connectivity index (χ1) is 13.3. The van der Waals surface area contributed by atoms with E-state index in [2.05, 4.69) is 0 Å². The van der Waals surface area contributed by atoms with Crippen LogP contribution in [0.2, 0.25) is 5.02 Å². The lowest BCUT2D eigenvalue weighted by Crippen LogP contribution is -2.18. The van der Waals surface area contributed by atoms with E-state index in [0.29, 0.717) is 23.4 Å². The van der Waals surface area contributed by atoms with Crippen LogP contribution in [0.25, 0.3) is 11.1 Å². The Kier molecular flexibility index (Phi) is 4.91. The van der Waals surface area contributed by atoms with Gasteiger partial charge in [0.1, 0.15) is 11.9 Å². The van der Waals surface area contributed by atoms with Gasteiger partial charge in [0.25, 0.3) is 10.1 Å². The minimum Gasteiger partial charge on any atom is -0.489 e. The van der Waals surface area contributed by atoms with Crippen LogP contribution in [-0.2, 0) is 23.0 Å². The summed E-state index contributed by atoms with van der Waals surface area (Å²) in [5.74, 6) is 0.779. The number of fused-ring (bicyclic) bond motifs is 1. The van der Waals surface area contributed by atoms with Gasteiger partial charge in [-0.25, -0.2) is 0 Å². The molecule has 6 heteroatoms. The maximum absolute atomic E-state index is 11.7. The molecule has 3 aromatic carbocycles. The molecule has 0 amide bonds. The van der Waals surface area contributed by atoms with Crippen LogP contribution in [0.15, 0.2) is 65.6 Å². The molecule has 1 unspecified atom stereocenters. The summed E-state index contributed by atoms with van der Waals surface area (Å²) in [6, 6.07) is 18.5. The van der Waals surface area contributed by atoms with Crippen molar-refractivity contribution in [2.24, 2.45) is 0 Å². The molecule has 0 fully saturated rings. The molecule has 144 valence electrons. The van der Waals surface area contributed by atoms with Crippen molar-refractivity contribution in [2.45, 2.75) is 30.8 Å². The molecule has 4 rings (SSSR count). The number of hydrogen-bond acceptors (Lipinski definition) is 3. The number of hydrogen-bond donors (Lipinski definition) is 1. The maximum Gasteiger partial charge on any atom is 0.294 e. The maximum atomic E-state index is 11.7. The van der Waals surface area contributed by atoms with Gasteiger partial charge in [-0.2, -0.15) is 8.42 Å². The van der Waals surface area contributed by atoms with Gasteiger partial charge in [-0.1, -0.05) is 59.6 Å². The number of benzene rings is 3. The predicted molar refractivity (Wildman–Crippen MR) is 110 cm³/mol. The summed E-state index contributed by atoms with van der Waals surface area (Å²) in [5.41, 5.74) is 4.40. The summed E-state index contributed by atoms with van der Waals surface area (Å²) in [6.07, 6.45) is 0.754. The lowest BCUT2D eigenvalue weighted by atomic mass is 9.99. The topological polar surface area (TPSA) is 63.6 Å². The normalized spacial score (nSPS) is 15.9. The molecule has 1 N–H and O–H groups in total. The second-order valence-corrected chi connectivity index (χ2v) is 8.87. The zero-order chi connectivity index (χ0) is 19.9. The smallest absolute Gasteiger partial charge is 0.294 e. The molecule has 0 aliphatic carbocycles. The van der Waals surface area contributed by atoms with Gasteiger partial charge in [0, 0.05) is 23.4 Å². The van der Waals surface area contributed by atoms with E-state index >= 15 is 0 Å². The van der Waals surface area contributed by atoms with Crippen molar-refractivity contribution < 1.29 is 17.7 Å². The number of rotatable bonds is 4. The molecule has 3 aromatic rings. The fourth-order valence-corrected chi connectivity index (χ4v) is 4.66. The van der Waals surface area contributed by atoms with Crippen molar-refractivity contribution >= 4 is 21.7 Å². The molecule has 0 saturated carbocycles. The molecule has 1 atom stereocenters. The Balaban J connectivity index is 1.68. The molecule has 4 nitrogen and oxygen atoms in total. The minimum absolute atomic E-state index is 0.0704. The Morgan fingerprint density at radius 2 is 1.86 bits per heavy atom. The van der Waals surface area contributed by atoms with Crippen LogP contribution >= 0.6 is 11.6 Å². The molecular weight excluding hydrogens is 396 g/mol. The third-order valence-electron chi connectivity index (χ3n) is 4.89. The highest BCUT2D eigenvalue weighted by Gasteiger charge is 2.28. The monoisotopic (exact) mass is 414 g/mol. The van der Waals surface area contributed by atoms with Gasteiger partial charge in [0.05, 0.1) is 4.90 Å². The first-order valence-corrected chi connectivity index (χ1v) is 10.7. The fraction of sp³-hybridized carbons (Fsp3) is 0.182. The molecule has 0 saturated heterocycles. The highest BCUT2D eigenvalue weighted by molar-refractivity contribution is 7.85. The summed E-state index contributed by atoms with van der Waals surface area (Å²) in [6.45, 7) is 1.88. The minimum atomic E-state index is -4.29. The van der Waals surface area contributed by atoms with Crippen LogP contribution in [0.5, 0.6) is 5.75 Å². The van der Waals surface area contributed by atoms with Crippen LogP contribution in [0.4, 0.5) is 0 Å². The van der Waals surface area contributed by atoms with E-state index in [0.717, 1.165) is 28.0 Å². The molecule has 0 radical (unpaired) electrons. The molecule has 1 aliphatic heterocycles.